The van der Waals surface area contributed by atoms with Gasteiger partial charge in [-0.05, 0) is 66.9 Å². The van der Waals surface area contributed by atoms with Gasteiger partial charge in [0.25, 0.3) is 0 Å². The van der Waals surface area contributed by atoms with Crippen molar-refractivity contribution in [2.45, 2.75) is 25.3 Å². The molecular weight excluding hydrogens is 470 g/mol. The Balaban J connectivity index is 1.42. The van der Waals surface area contributed by atoms with Gasteiger partial charge in [0, 0.05) is 24.2 Å². The van der Waals surface area contributed by atoms with E-state index in [0.717, 1.165) is 40.7 Å². The lowest BCUT2D eigenvalue weighted by Gasteiger charge is -2.36. The fourth-order valence-electron chi connectivity index (χ4n) is 4.63. The van der Waals surface area contributed by atoms with Crippen molar-refractivity contribution in [3.8, 4) is 17.6 Å². The number of hydrogen-bond donors (Lipinski definition) is 2. The van der Waals surface area contributed by atoms with Gasteiger partial charge in [-0.3, -0.25) is 14.7 Å². The van der Waals surface area contributed by atoms with E-state index >= 15 is 0 Å². The van der Waals surface area contributed by atoms with Crippen LogP contribution in [0.4, 0.5) is 0 Å². The summed E-state index contributed by atoms with van der Waals surface area (Å²) in [6.07, 6.45) is 3.80. The molecule has 3 N–H and O–H groups in total. The number of carboxylic acids is 1. The number of carbonyl (C=O) groups is 1. The predicted molar refractivity (Wildman–Crippen MR) is 136 cm³/mol. The largest absolute Gasteiger partial charge is 0.497 e. The lowest BCUT2D eigenvalue weighted by Crippen LogP contribution is -2.44. The molecule has 3 atom stereocenters. The summed E-state index contributed by atoms with van der Waals surface area (Å²) in [4.78, 5) is 19.6. The van der Waals surface area contributed by atoms with Crippen LogP contribution in [0.15, 0.2) is 41.9 Å². The molecule has 0 spiro atoms. The van der Waals surface area contributed by atoms with Gasteiger partial charge in [-0.1, -0.05) is 29.5 Å². The molecule has 1 aliphatic rings. The van der Waals surface area contributed by atoms with Gasteiger partial charge in [-0.25, -0.2) is 0 Å². The topological polar surface area (TPSA) is 88.7 Å². The number of pyridine rings is 1. The Labute approximate surface area is 208 Å². The highest BCUT2D eigenvalue weighted by atomic mass is 35.5. The minimum Gasteiger partial charge on any atom is -0.497 e. The van der Waals surface area contributed by atoms with Crippen molar-refractivity contribution in [3.63, 3.8) is 0 Å². The van der Waals surface area contributed by atoms with Gasteiger partial charge in [0.2, 0.25) is 0 Å². The standard InChI is InChI=1S/C26H28ClN3O3S/c1-33-18-7-9-24-20(14-18)25(22(27)15-29-24)23(28)8-6-17-10-12-30(16-21(17)26(31)32)11-2-4-19-5-3-13-34-19/h3,5,7,9,13-15,17,21,23H,6,8,10-12,16,28H2,1H3,(H,31,32)/t17-,21+,23-/m0/s1. The summed E-state index contributed by atoms with van der Waals surface area (Å²) in [6, 6.07) is 9.28. The van der Waals surface area contributed by atoms with Gasteiger partial charge in [0.15, 0.2) is 0 Å². The van der Waals surface area contributed by atoms with Gasteiger partial charge >= 0.3 is 5.97 Å². The summed E-state index contributed by atoms with van der Waals surface area (Å²) in [7, 11) is 1.62. The van der Waals surface area contributed by atoms with E-state index in [1.165, 1.54) is 0 Å². The number of methoxy groups -OCH3 is 1. The van der Waals surface area contributed by atoms with E-state index in [-0.39, 0.29) is 12.0 Å². The van der Waals surface area contributed by atoms with E-state index in [2.05, 4.69) is 21.7 Å². The molecule has 178 valence electrons. The number of likely N-dealkylation sites (tertiary alicyclic amines) is 1. The van der Waals surface area contributed by atoms with Crippen LogP contribution in [0, 0.1) is 23.7 Å². The van der Waals surface area contributed by atoms with Crippen molar-refractivity contribution < 1.29 is 14.6 Å². The molecule has 3 heterocycles. The highest BCUT2D eigenvalue weighted by molar-refractivity contribution is 7.10. The SMILES string of the molecule is COc1ccc2ncc(Cl)c([C@@H](N)CC[C@H]3CCN(CC#Cc4cccs4)C[C@H]3C(=O)O)c2c1. The predicted octanol–water partition coefficient (Wildman–Crippen LogP) is 4.81. The monoisotopic (exact) mass is 497 g/mol. The van der Waals surface area contributed by atoms with E-state index < -0.39 is 11.9 Å². The average Bonchev–Trinajstić information content (AvgIpc) is 3.36. The fraction of sp³-hybridized carbons (Fsp3) is 0.385. The van der Waals surface area contributed by atoms with Crippen LogP contribution >= 0.6 is 22.9 Å². The molecular formula is C26H28ClN3O3S. The minimum absolute atomic E-state index is 0.0615. The van der Waals surface area contributed by atoms with Gasteiger partial charge in [0.1, 0.15) is 5.75 Å². The Bertz CT molecular complexity index is 1210. The van der Waals surface area contributed by atoms with Crippen molar-refractivity contribution in [1.29, 1.82) is 0 Å². The van der Waals surface area contributed by atoms with Crippen LogP contribution in [0.5, 0.6) is 5.75 Å². The number of hydrogen-bond acceptors (Lipinski definition) is 6. The molecule has 0 amide bonds. The van der Waals surface area contributed by atoms with Crippen molar-refractivity contribution in [3.05, 3.63) is 57.4 Å². The van der Waals surface area contributed by atoms with Gasteiger partial charge in [0.05, 0.1) is 35.0 Å². The summed E-state index contributed by atoms with van der Waals surface area (Å²) < 4.78 is 5.36. The second-order valence-corrected chi connectivity index (χ2v) is 9.95. The molecule has 0 bridgehead atoms. The molecule has 8 heteroatoms. The van der Waals surface area contributed by atoms with E-state index in [1.807, 2.05) is 35.7 Å². The van der Waals surface area contributed by atoms with Crippen molar-refractivity contribution in [1.82, 2.24) is 9.88 Å². The second kappa shape index (κ2) is 11.2. The Morgan fingerprint density at radius 2 is 2.29 bits per heavy atom. The molecule has 1 aliphatic heterocycles. The maximum atomic E-state index is 12.0. The number of ether oxygens (including phenoxy) is 1. The van der Waals surface area contributed by atoms with E-state index in [0.29, 0.717) is 30.3 Å². The summed E-state index contributed by atoms with van der Waals surface area (Å²) in [6.45, 7) is 1.91. The smallest absolute Gasteiger partial charge is 0.308 e. The van der Waals surface area contributed by atoms with Crippen LogP contribution in [0.3, 0.4) is 0 Å². The maximum absolute atomic E-state index is 12.0. The van der Waals surface area contributed by atoms with E-state index in [4.69, 9.17) is 22.1 Å². The van der Waals surface area contributed by atoms with Crippen LogP contribution in [-0.2, 0) is 4.79 Å². The third-order valence-corrected chi connectivity index (χ3v) is 7.57. The molecule has 0 aliphatic carbocycles. The molecule has 4 rings (SSSR count). The van der Waals surface area contributed by atoms with Crippen molar-refractivity contribution in [2.75, 3.05) is 26.7 Å². The molecule has 2 aromatic heterocycles. The maximum Gasteiger partial charge on any atom is 0.308 e. The highest BCUT2D eigenvalue weighted by Gasteiger charge is 2.34. The number of piperidine rings is 1. The second-order valence-electron chi connectivity index (χ2n) is 8.59. The average molecular weight is 498 g/mol. The number of aromatic nitrogens is 1. The molecule has 1 fully saturated rings. The number of benzene rings is 1. The first-order valence-electron chi connectivity index (χ1n) is 11.3. The van der Waals surface area contributed by atoms with Crippen LogP contribution in [0.25, 0.3) is 10.9 Å². The normalized spacial score (nSPS) is 19.4. The van der Waals surface area contributed by atoms with E-state index in [1.54, 1.807) is 24.6 Å². The van der Waals surface area contributed by atoms with Crippen LogP contribution in [-0.4, -0.2) is 47.7 Å². The van der Waals surface area contributed by atoms with Crippen LogP contribution in [0.2, 0.25) is 5.02 Å². The molecule has 6 nitrogen and oxygen atoms in total. The number of nitrogens with zero attached hydrogens (tertiary/aromatic N) is 2. The number of carboxylic acid groups (broad SMARTS) is 1. The molecule has 0 radical (unpaired) electrons. The number of fused-ring (bicyclic) bond motifs is 1. The molecule has 0 saturated carbocycles. The molecule has 34 heavy (non-hydrogen) atoms. The Hall–Kier alpha value is -2.63. The van der Waals surface area contributed by atoms with Crippen molar-refractivity contribution >= 4 is 39.8 Å². The minimum atomic E-state index is -0.758. The van der Waals surface area contributed by atoms with Gasteiger partial charge in [-0.2, -0.15) is 0 Å². The van der Waals surface area contributed by atoms with Crippen LogP contribution < -0.4 is 10.5 Å². The van der Waals surface area contributed by atoms with Gasteiger partial charge < -0.3 is 15.6 Å². The first-order chi connectivity index (χ1) is 16.5. The number of rotatable bonds is 7. The third-order valence-electron chi connectivity index (χ3n) is 6.48. The summed E-state index contributed by atoms with van der Waals surface area (Å²) in [5.41, 5.74) is 8.24. The first kappa shape index (κ1) is 24.5. The summed E-state index contributed by atoms with van der Waals surface area (Å²) >= 11 is 8.11. The fourth-order valence-corrected chi connectivity index (χ4v) is 5.52. The van der Waals surface area contributed by atoms with E-state index in [9.17, 15) is 9.90 Å². The highest BCUT2D eigenvalue weighted by Crippen LogP contribution is 2.35. The zero-order valence-electron chi connectivity index (χ0n) is 19.0. The molecule has 1 aromatic carbocycles. The molecule has 3 aromatic rings. The molecule has 1 saturated heterocycles. The Morgan fingerprint density at radius 3 is 3.03 bits per heavy atom. The van der Waals surface area contributed by atoms with Gasteiger partial charge in [-0.15, -0.1) is 11.3 Å². The Kier molecular flexibility index (Phi) is 8.07. The van der Waals surface area contributed by atoms with Crippen molar-refractivity contribution in [2.24, 2.45) is 17.6 Å². The zero-order valence-corrected chi connectivity index (χ0v) is 20.6. The zero-order chi connectivity index (χ0) is 24.1. The number of nitrogens with two attached hydrogens (primary N) is 1. The Morgan fingerprint density at radius 1 is 1.44 bits per heavy atom. The lowest BCUT2D eigenvalue weighted by molar-refractivity contribution is -0.146. The lowest BCUT2D eigenvalue weighted by atomic mass is 9.81. The first-order valence-corrected chi connectivity index (χ1v) is 12.6. The third kappa shape index (κ3) is 5.70. The van der Waals surface area contributed by atoms with Crippen LogP contribution in [0.1, 0.15) is 35.7 Å². The summed E-state index contributed by atoms with van der Waals surface area (Å²) in [5, 5.41) is 13.3. The number of aliphatic carboxylic acids is 1. The number of thiophene rings is 1. The quantitative estimate of drug-likeness (QED) is 0.455. The summed E-state index contributed by atoms with van der Waals surface area (Å²) in [5.74, 6) is 5.91. The molecule has 0 unspecified atom stereocenters. The number of halogens is 1.